The second kappa shape index (κ2) is 44.4. The van der Waals surface area contributed by atoms with Crippen LogP contribution < -0.4 is 10.2 Å². The monoisotopic (exact) mass is 885 g/mol. The third kappa shape index (κ3) is 47.0. The van der Waals surface area contributed by atoms with Crippen LogP contribution in [0.3, 0.4) is 0 Å². The summed E-state index contributed by atoms with van der Waals surface area (Å²) in [5.74, 6) is -0.193. The quantitative estimate of drug-likeness (QED) is 0.0273. The standard InChI is InChI=1S/C52H105N2O6P/c1-6-8-10-12-14-16-18-20-22-23-24-25-26-27-28-29-30-32-33-35-37-39-41-43-45-51(55)50(49-60-61(57,58)59-48-47-54(3,4)5)53-52(56)46-44-42-40-38-36-34-31-21-19-17-15-13-11-9-7-2/h43,45,50-51,55H,6-42,44,46-49H2,1-5H3,(H-,53,56,57,58)/b45-43+. The predicted molar refractivity (Wildman–Crippen MR) is 261 cm³/mol. The third-order valence-corrected chi connectivity index (χ3v) is 13.2. The van der Waals surface area contributed by atoms with Crippen molar-refractivity contribution in [1.29, 1.82) is 0 Å². The van der Waals surface area contributed by atoms with E-state index in [4.69, 9.17) is 9.05 Å². The van der Waals surface area contributed by atoms with Crippen LogP contribution >= 0.6 is 7.82 Å². The Morgan fingerprint density at radius 2 is 0.885 bits per heavy atom. The highest BCUT2D eigenvalue weighted by molar-refractivity contribution is 7.45. The van der Waals surface area contributed by atoms with Gasteiger partial charge in [0.1, 0.15) is 13.2 Å². The molecule has 3 unspecified atom stereocenters. The van der Waals surface area contributed by atoms with Gasteiger partial charge in [-0.25, -0.2) is 0 Å². The summed E-state index contributed by atoms with van der Waals surface area (Å²) < 4.78 is 23.3. The first-order chi connectivity index (χ1) is 29.5. The lowest BCUT2D eigenvalue weighted by Crippen LogP contribution is -2.45. The number of aliphatic hydroxyl groups excluding tert-OH is 1. The minimum atomic E-state index is -4.59. The molecule has 0 radical (unpaired) electrons. The SMILES string of the molecule is CCCCCCCCCCCCCCCCCCCCCCCC/C=C/C(O)C(COP(=O)([O-])OCC[N+](C)(C)C)NC(=O)CCCCCCCCCCCCCCCCC. The number of allylic oxidation sites excluding steroid dienone is 1. The number of carbonyl (C=O) groups excluding carboxylic acids is 1. The Labute approximate surface area is 380 Å². The first kappa shape index (κ1) is 60.2. The maximum absolute atomic E-state index is 12.9. The van der Waals surface area contributed by atoms with E-state index in [0.29, 0.717) is 17.4 Å². The number of unbranched alkanes of at least 4 members (excludes halogenated alkanes) is 36. The van der Waals surface area contributed by atoms with Gasteiger partial charge in [0.25, 0.3) is 7.82 Å². The molecular weight excluding hydrogens is 780 g/mol. The molecule has 0 saturated heterocycles. The number of amides is 1. The van der Waals surface area contributed by atoms with Crippen LogP contribution in [0, 0.1) is 0 Å². The summed E-state index contributed by atoms with van der Waals surface area (Å²) in [6, 6.07) is -0.881. The van der Waals surface area contributed by atoms with Crippen molar-refractivity contribution >= 4 is 13.7 Å². The molecule has 0 saturated carbocycles. The Hall–Kier alpha value is -0.760. The molecule has 0 spiro atoms. The minimum Gasteiger partial charge on any atom is -0.756 e. The summed E-state index contributed by atoms with van der Waals surface area (Å²) in [5.41, 5.74) is 0. The van der Waals surface area contributed by atoms with Crippen LogP contribution in [0.5, 0.6) is 0 Å². The maximum Gasteiger partial charge on any atom is 0.268 e. The van der Waals surface area contributed by atoms with Crippen molar-refractivity contribution in [1.82, 2.24) is 5.32 Å². The Bertz CT molecular complexity index is 1000. The Kier molecular flexibility index (Phi) is 43.9. The summed E-state index contributed by atoms with van der Waals surface area (Å²) >= 11 is 0. The topological polar surface area (TPSA) is 108 Å². The van der Waals surface area contributed by atoms with Crippen LogP contribution in [0.4, 0.5) is 0 Å². The lowest BCUT2D eigenvalue weighted by Gasteiger charge is -2.29. The van der Waals surface area contributed by atoms with Crippen molar-refractivity contribution in [2.24, 2.45) is 0 Å². The van der Waals surface area contributed by atoms with E-state index in [0.717, 1.165) is 38.5 Å². The zero-order valence-electron chi connectivity index (χ0n) is 41.4. The van der Waals surface area contributed by atoms with Crippen LogP contribution in [0.1, 0.15) is 264 Å². The number of nitrogens with one attached hydrogen (secondary N) is 1. The Balaban J connectivity index is 4.22. The molecule has 0 heterocycles. The number of quaternary nitrogens is 1. The van der Waals surface area contributed by atoms with Crippen LogP contribution in [0.25, 0.3) is 0 Å². The maximum atomic E-state index is 12.9. The fourth-order valence-corrected chi connectivity index (χ4v) is 8.76. The number of rotatable bonds is 49. The molecule has 3 atom stereocenters. The molecule has 1 amide bonds. The summed E-state index contributed by atoms with van der Waals surface area (Å²) in [5, 5.41) is 13.9. The van der Waals surface area contributed by atoms with Crippen molar-refractivity contribution in [2.75, 3.05) is 40.9 Å². The van der Waals surface area contributed by atoms with Gasteiger partial charge in [-0.05, 0) is 19.3 Å². The minimum absolute atomic E-state index is 0.00247. The van der Waals surface area contributed by atoms with Crippen LogP contribution in [0.15, 0.2) is 12.2 Å². The molecule has 0 aromatic heterocycles. The van der Waals surface area contributed by atoms with Gasteiger partial charge in [-0.3, -0.25) is 9.36 Å². The second-order valence-electron chi connectivity index (χ2n) is 19.6. The summed E-state index contributed by atoms with van der Waals surface area (Å²) in [6.45, 7) is 4.68. The van der Waals surface area contributed by atoms with E-state index in [2.05, 4.69) is 19.2 Å². The third-order valence-electron chi connectivity index (χ3n) is 12.2. The highest BCUT2D eigenvalue weighted by atomic mass is 31.2. The van der Waals surface area contributed by atoms with Gasteiger partial charge in [0.05, 0.1) is 39.9 Å². The van der Waals surface area contributed by atoms with Crippen molar-refractivity contribution < 1.29 is 32.9 Å². The van der Waals surface area contributed by atoms with Crippen LogP contribution in [0.2, 0.25) is 0 Å². The van der Waals surface area contributed by atoms with E-state index in [1.54, 1.807) is 6.08 Å². The predicted octanol–water partition coefficient (Wildman–Crippen LogP) is 14.8. The number of hydrogen-bond acceptors (Lipinski definition) is 6. The molecule has 0 bridgehead atoms. The van der Waals surface area contributed by atoms with E-state index in [1.165, 1.54) is 205 Å². The molecule has 0 fully saturated rings. The van der Waals surface area contributed by atoms with E-state index in [1.807, 2.05) is 27.2 Å². The molecule has 0 aliphatic heterocycles. The van der Waals surface area contributed by atoms with Gasteiger partial charge in [0.15, 0.2) is 0 Å². The number of aliphatic hydroxyl groups is 1. The molecule has 9 heteroatoms. The normalized spacial score (nSPS) is 14.1. The van der Waals surface area contributed by atoms with Crippen molar-refractivity contribution in [2.45, 2.75) is 276 Å². The Morgan fingerprint density at radius 1 is 0.557 bits per heavy atom. The summed E-state index contributed by atoms with van der Waals surface area (Å²) in [4.78, 5) is 25.4. The highest BCUT2D eigenvalue weighted by Crippen LogP contribution is 2.38. The van der Waals surface area contributed by atoms with Crippen molar-refractivity contribution in [3.63, 3.8) is 0 Å². The number of likely N-dealkylation sites (N-methyl/N-ethyl adjacent to an activating group) is 1. The van der Waals surface area contributed by atoms with Gasteiger partial charge in [-0.2, -0.15) is 0 Å². The first-order valence-corrected chi connectivity index (χ1v) is 28.0. The molecule has 0 aromatic carbocycles. The molecular formula is C52H105N2O6P. The van der Waals surface area contributed by atoms with Gasteiger partial charge >= 0.3 is 0 Å². The number of hydrogen-bond donors (Lipinski definition) is 2. The molecule has 61 heavy (non-hydrogen) atoms. The molecule has 0 aromatic rings. The molecule has 2 N–H and O–H groups in total. The smallest absolute Gasteiger partial charge is 0.268 e. The molecule has 0 aliphatic carbocycles. The molecule has 0 rings (SSSR count). The fraction of sp³-hybridized carbons (Fsp3) is 0.942. The van der Waals surface area contributed by atoms with E-state index < -0.39 is 20.0 Å². The number of carbonyl (C=O) groups is 1. The fourth-order valence-electron chi connectivity index (χ4n) is 8.04. The van der Waals surface area contributed by atoms with Crippen LogP contribution in [-0.4, -0.2) is 68.5 Å². The van der Waals surface area contributed by atoms with Crippen molar-refractivity contribution in [3.8, 4) is 0 Å². The van der Waals surface area contributed by atoms with E-state index in [-0.39, 0.29) is 19.1 Å². The number of phosphoric acid groups is 1. The van der Waals surface area contributed by atoms with Gasteiger partial charge < -0.3 is 28.8 Å². The lowest BCUT2D eigenvalue weighted by molar-refractivity contribution is -0.870. The lowest BCUT2D eigenvalue weighted by atomic mass is 10.0. The number of nitrogens with zero attached hydrogens (tertiary/aromatic N) is 1. The van der Waals surface area contributed by atoms with Crippen molar-refractivity contribution in [3.05, 3.63) is 12.2 Å². The van der Waals surface area contributed by atoms with Gasteiger partial charge in [0, 0.05) is 6.42 Å². The zero-order chi connectivity index (χ0) is 45.0. The average molecular weight is 885 g/mol. The van der Waals surface area contributed by atoms with Crippen LogP contribution in [-0.2, 0) is 18.4 Å². The highest BCUT2D eigenvalue weighted by Gasteiger charge is 2.23. The van der Waals surface area contributed by atoms with E-state index >= 15 is 0 Å². The Morgan fingerprint density at radius 3 is 1.23 bits per heavy atom. The largest absolute Gasteiger partial charge is 0.756 e. The molecule has 8 nitrogen and oxygen atoms in total. The summed E-state index contributed by atoms with van der Waals surface area (Å²) in [6.07, 6.45) is 52.7. The van der Waals surface area contributed by atoms with E-state index in [9.17, 15) is 19.4 Å². The molecule has 364 valence electrons. The number of phosphoric ester groups is 1. The van der Waals surface area contributed by atoms with Gasteiger partial charge in [-0.15, -0.1) is 0 Å². The van der Waals surface area contributed by atoms with Gasteiger partial charge in [-0.1, -0.05) is 251 Å². The zero-order valence-corrected chi connectivity index (χ0v) is 42.3. The first-order valence-electron chi connectivity index (χ1n) is 26.6. The summed E-state index contributed by atoms with van der Waals surface area (Å²) in [7, 11) is 1.28. The second-order valence-corrected chi connectivity index (χ2v) is 21.0. The molecule has 0 aliphatic rings. The average Bonchev–Trinajstić information content (AvgIpc) is 3.21. The van der Waals surface area contributed by atoms with Gasteiger partial charge in [0.2, 0.25) is 5.91 Å².